The van der Waals surface area contributed by atoms with Crippen LogP contribution in [-0.4, -0.2) is 31.0 Å². The molecule has 0 fully saturated rings. The van der Waals surface area contributed by atoms with Crippen molar-refractivity contribution in [1.82, 2.24) is 24.4 Å². The van der Waals surface area contributed by atoms with E-state index in [0.29, 0.717) is 24.4 Å². The Hall–Kier alpha value is -4.10. The molecule has 0 saturated carbocycles. The molecule has 35 heavy (non-hydrogen) atoms. The van der Waals surface area contributed by atoms with Gasteiger partial charge in [-0.1, -0.05) is 60.7 Å². The van der Waals surface area contributed by atoms with E-state index in [0.717, 1.165) is 29.7 Å². The molecule has 176 valence electrons. The highest BCUT2D eigenvalue weighted by Crippen LogP contribution is 2.24. The fourth-order valence-electron chi connectivity index (χ4n) is 4.41. The zero-order valence-electron chi connectivity index (χ0n) is 19.9. The molecule has 0 aliphatic carbocycles. The Morgan fingerprint density at radius 2 is 1.43 bits per heavy atom. The number of hydrogen-bond donors (Lipinski definition) is 1. The van der Waals surface area contributed by atoms with E-state index in [4.69, 9.17) is 0 Å². The van der Waals surface area contributed by atoms with E-state index < -0.39 is 11.2 Å². The van der Waals surface area contributed by atoms with Crippen LogP contribution in [0.25, 0.3) is 22.6 Å². The zero-order valence-corrected chi connectivity index (χ0v) is 19.9. The summed E-state index contributed by atoms with van der Waals surface area (Å²) in [4.78, 5) is 38.0. The molecule has 5 rings (SSSR count). The Balaban J connectivity index is 1.56. The molecule has 0 amide bonds. The molecular formula is C28H27N5O2. The Labute approximate surface area is 203 Å². The average Bonchev–Trinajstić information content (AvgIpc) is 2.84. The van der Waals surface area contributed by atoms with Crippen LogP contribution in [0.5, 0.6) is 0 Å². The van der Waals surface area contributed by atoms with Gasteiger partial charge in [-0.25, -0.2) is 9.78 Å². The van der Waals surface area contributed by atoms with Crippen molar-refractivity contribution >= 4 is 11.0 Å². The number of aromatic amines is 1. The summed E-state index contributed by atoms with van der Waals surface area (Å²) in [5, 5.41) is 0. The fraction of sp³-hybridized carbons (Fsp3) is 0.214. The van der Waals surface area contributed by atoms with E-state index in [9.17, 15) is 9.59 Å². The van der Waals surface area contributed by atoms with E-state index in [1.807, 2.05) is 60.9 Å². The molecular weight excluding hydrogens is 438 g/mol. The molecule has 0 atom stereocenters. The molecule has 3 aromatic carbocycles. The highest BCUT2D eigenvalue weighted by atomic mass is 16.2. The molecule has 0 bridgehead atoms. The number of fused-ring (bicyclic) bond motifs is 2. The molecule has 0 aromatic heterocycles. The molecule has 2 heterocycles. The van der Waals surface area contributed by atoms with Crippen LogP contribution in [0.15, 0.2) is 82.4 Å². The van der Waals surface area contributed by atoms with Crippen molar-refractivity contribution in [3.8, 4) is 11.5 Å². The van der Waals surface area contributed by atoms with Gasteiger partial charge >= 0.3 is 5.69 Å². The predicted molar refractivity (Wildman–Crippen MR) is 138 cm³/mol. The van der Waals surface area contributed by atoms with Crippen LogP contribution in [0, 0.1) is 13.8 Å². The number of nitrogens with one attached hydrogen (secondary N) is 1. The maximum absolute atomic E-state index is 12.6. The van der Waals surface area contributed by atoms with Crippen molar-refractivity contribution in [2.24, 2.45) is 0 Å². The summed E-state index contributed by atoms with van der Waals surface area (Å²) < 4.78 is 1.96. The lowest BCUT2D eigenvalue weighted by molar-refractivity contribution is 0.247. The lowest BCUT2D eigenvalue weighted by atomic mass is 10.1. The summed E-state index contributed by atoms with van der Waals surface area (Å²) in [6, 6.07) is 24.8. The second kappa shape index (κ2) is 9.64. The van der Waals surface area contributed by atoms with Crippen LogP contribution in [0.1, 0.15) is 22.3 Å². The Kier molecular flexibility index (Phi) is 6.25. The van der Waals surface area contributed by atoms with Gasteiger partial charge in [-0.3, -0.25) is 14.7 Å². The van der Waals surface area contributed by atoms with E-state index in [1.54, 1.807) is 0 Å². The minimum absolute atomic E-state index is 0.179. The highest BCUT2D eigenvalue weighted by molar-refractivity contribution is 5.81. The Morgan fingerprint density at radius 3 is 2.06 bits per heavy atom. The van der Waals surface area contributed by atoms with Gasteiger partial charge in [0.15, 0.2) is 11.5 Å². The lowest BCUT2D eigenvalue weighted by Gasteiger charge is -2.25. The maximum Gasteiger partial charge on any atom is 0.349 e. The van der Waals surface area contributed by atoms with Gasteiger partial charge in [0.1, 0.15) is 0 Å². The standard InChI is InChI=1S/C28H27N5O2/c1-19-15-23-24(16-20(19)2)33(26-25(29-23)27(34)31-28(35)30-26)14-13-32(17-21-9-5-3-6-10-21)18-22-11-7-4-8-12-22/h3-12,15-16H,13-14,17-18H2,1-2H3,(H,31,34,35). The highest BCUT2D eigenvalue weighted by Gasteiger charge is 2.20. The molecule has 2 aliphatic heterocycles. The van der Waals surface area contributed by atoms with Gasteiger partial charge in [-0.2, -0.15) is 4.98 Å². The first-order valence-electron chi connectivity index (χ1n) is 11.7. The predicted octanol–water partition coefficient (Wildman–Crippen LogP) is 3.90. The van der Waals surface area contributed by atoms with Crippen LogP contribution in [0.3, 0.4) is 0 Å². The maximum atomic E-state index is 12.6. The van der Waals surface area contributed by atoms with Crippen molar-refractivity contribution < 1.29 is 0 Å². The molecule has 1 N–H and O–H groups in total. The quantitative estimate of drug-likeness (QED) is 0.369. The van der Waals surface area contributed by atoms with E-state index in [2.05, 4.69) is 50.2 Å². The number of aryl methyl sites for hydroxylation is 2. The largest absolute Gasteiger partial charge is 0.349 e. The minimum Gasteiger partial charge on any atom is -0.321 e. The number of hydrogen-bond acceptors (Lipinski definition) is 5. The average molecular weight is 466 g/mol. The topological polar surface area (TPSA) is 83.9 Å². The second-order valence-corrected chi connectivity index (χ2v) is 8.91. The molecule has 0 unspecified atom stereocenters. The van der Waals surface area contributed by atoms with Gasteiger partial charge in [0.2, 0.25) is 0 Å². The van der Waals surface area contributed by atoms with Crippen LogP contribution in [-0.2, 0) is 19.6 Å². The number of rotatable bonds is 7. The van der Waals surface area contributed by atoms with Crippen molar-refractivity contribution in [2.75, 3.05) is 6.54 Å². The molecule has 0 spiro atoms. The molecule has 7 heteroatoms. The second-order valence-electron chi connectivity index (χ2n) is 8.91. The molecule has 0 radical (unpaired) electrons. The summed E-state index contributed by atoms with van der Waals surface area (Å²) in [6.45, 7) is 6.86. The number of aromatic nitrogens is 4. The van der Waals surface area contributed by atoms with Crippen molar-refractivity contribution in [3.63, 3.8) is 0 Å². The van der Waals surface area contributed by atoms with Crippen LogP contribution < -0.4 is 11.2 Å². The first kappa shape index (κ1) is 22.7. The molecule has 0 saturated heterocycles. The third kappa shape index (κ3) is 4.90. The fourth-order valence-corrected chi connectivity index (χ4v) is 4.41. The summed E-state index contributed by atoms with van der Waals surface area (Å²) in [5.41, 5.74) is 5.23. The summed E-state index contributed by atoms with van der Waals surface area (Å²) in [7, 11) is 0. The van der Waals surface area contributed by atoms with Crippen LogP contribution >= 0.6 is 0 Å². The van der Waals surface area contributed by atoms with Crippen molar-refractivity contribution in [2.45, 2.75) is 33.5 Å². The molecule has 3 aromatic rings. The lowest BCUT2D eigenvalue weighted by Crippen LogP contribution is -2.31. The van der Waals surface area contributed by atoms with E-state index >= 15 is 0 Å². The normalized spacial score (nSPS) is 11.5. The van der Waals surface area contributed by atoms with Crippen LogP contribution in [0.4, 0.5) is 0 Å². The van der Waals surface area contributed by atoms with Gasteiger partial charge in [0.25, 0.3) is 5.56 Å². The van der Waals surface area contributed by atoms with Gasteiger partial charge in [0, 0.05) is 26.2 Å². The third-order valence-electron chi connectivity index (χ3n) is 6.36. The third-order valence-corrected chi connectivity index (χ3v) is 6.36. The SMILES string of the molecule is Cc1cc2nc3c(=O)[nH]c(=O)nc-3n(CCN(Cc3ccccc3)Cc3ccccc3)c2cc1C. The van der Waals surface area contributed by atoms with E-state index in [1.165, 1.54) is 11.1 Å². The molecule has 7 nitrogen and oxygen atoms in total. The van der Waals surface area contributed by atoms with Gasteiger partial charge in [-0.05, 0) is 48.2 Å². The summed E-state index contributed by atoms with van der Waals surface area (Å²) in [5.74, 6) is 0.314. The summed E-state index contributed by atoms with van der Waals surface area (Å²) >= 11 is 0. The van der Waals surface area contributed by atoms with E-state index in [-0.39, 0.29) is 5.69 Å². The monoisotopic (exact) mass is 465 g/mol. The van der Waals surface area contributed by atoms with Crippen molar-refractivity contribution in [1.29, 1.82) is 0 Å². The number of nitrogens with zero attached hydrogens (tertiary/aromatic N) is 4. The Bertz CT molecular complexity index is 1520. The zero-order chi connectivity index (χ0) is 24.4. The minimum atomic E-state index is -0.660. The first-order valence-corrected chi connectivity index (χ1v) is 11.7. The van der Waals surface area contributed by atoms with Gasteiger partial charge in [-0.15, -0.1) is 0 Å². The van der Waals surface area contributed by atoms with Gasteiger partial charge in [0.05, 0.1) is 11.0 Å². The number of H-pyrrole nitrogens is 1. The first-order chi connectivity index (χ1) is 17.0. The summed E-state index contributed by atoms with van der Waals surface area (Å²) in [6.07, 6.45) is 0. The number of benzene rings is 3. The van der Waals surface area contributed by atoms with Gasteiger partial charge < -0.3 is 4.57 Å². The molecule has 2 aliphatic rings. The van der Waals surface area contributed by atoms with Crippen LogP contribution in [0.2, 0.25) is 0 Å². The van der Waals surface area contributed by atoms with Crippen molar-refractivity contribution in [3.05, 3.63) is 116 Å². The Morgan fingerprint density at radius 1 is 0.829 bits per heavy atom. The smallest absolute Gasteiger partial charge is 0.321 e.